The molecule has 0 saturated carbocycles. The van der Waals surface area contributed by atoms with Crippen LogP contribution in [0, 0.1) is 13.8 Å². The third kappa shape index (κ3) is 4.42. The van der Waals surface area contributed by atoms with Crippen LogP contribution >= 0.6 is 0 Å². The summed E-state index contributed by atoms with van der Waals surface area (Å²) in [7, 11) is 1.67. The molecule has 6 nitrogen and oxygen atoms in total. The molecule has 4 rings (SSSR count). The molecule has 150 valence electrons. The highest BCUT2D eigenvalue weighted by molar-refractivity contribution is 5.65. The standard InChI is InChI=1S/C23H27N5O/c1-17-7-6-8-19(15-17)27-11-13-28(14-12-27)23-24-18(2)16-22(26-23)25-20-9-4-5-10-21(20)29-3/h4-10,15-16H,11-14H2,1-3H3,(H,24,25,26). The molecule has 2 heterocycles. The van der Waals surface area contributed by atoms with Gasteiger partial charge in [-0.1, -0.05) is 24.3 Å². The monoisotopic (exact) mass is 389 g/mol. The Kier molecular flexibility index (Phi) is 5.51. The number of benzene rings is 2. The zero-order chi connectivity index (χ0) is 20.2. The summed E-state index contributed by atoms with van der Waals surface area (Å²) >= 11 is 0. The molecule has 1 aromatic heterocycles. The molecule has 1 N–H and O–H groups in total. The molecule has 1 aliphatic heterocycles. The van der Waals surface area contributed by atoms with Gasteiger partial charge in [-0.3, -0.25) is 0 Å². The molecule has 0 amide bonds. The Hall–Kier alpha value is -3.28. The normalized spacial score (nSPS) is 14.0. The number of nitrogens with one attached hydrogen (secondary N) is 1. The van der Waals surface area contributed by atoms with Crippen LogP contribution in [0.5, 0.6) is 5.75 Å². The van der Waals surface area contributed by atoms with E-state index in [4.69, 9.17) is 9.72 Å². The van der Waals surface area contributed by atoms with E-state index in [-0.39, 0.29) is 0 Å². The molecule has 6 heteroatoms. The van der Waals surface area contributed by atoms with Crippen molar-refractivity contribution in [3.63, 3.8) is 0 Å². The molecular weight excluding hydrogens is 362 g/mol. The van der Waals surface area contributed by atoms with Gasteiger partial charge in [-0.15, -0.1) is 0 Å². The van der Waals surface area contributed by atoms with Crippen molar-refractivity contribution >= 4 is 23.1 Å². The molecule has 0 atom stereocenters. The maximum Gasteiger partial charge on any atom is 0.227 e. The second-order valence-electron chi connectivity index (χ2n) is 7.33. The molecule has 3 aromatic rings. The minimum atomic E-state index is 0.770. The second kappa shape index (κ2) is 8.39. The first-order valence-electron chi connectivity index (χ1n) is 9.94. The maximum atomic E-state index is 5.43. The maximum absolute atomic E-state index is 5.43. The summed E-state index contributed by atoms with van der Waals surface area (Å²) in [6, 6.07) is 18.5. The van der Waals surface area contributed by atoms with Crippen LogP contribution in [0.25, 0.3) is 0 Å². The van der Waals surface area contributed by atoms with Gasteiger partial charge in [0.25, 0.3) is 0 Å². The Labute approximate surface area is 172 Å². The fourth-order valence-electron chi connectivity index (χ4n) is 3.63. The van der Waals surface area contributed by atoms with E-state index < -0.39 is 0 Å². The Morgan fingerprint density at radius 2 is 1.62 bits per heavy atom. The zero-order valence-corrected chi connectivity index (χ0v) is 17.2. The van der Waals surface area contributed by atoms with Crippen LogP contribution in [0.1, 0.15) is 11.3 Å². The third-order valence-corrected chi connectivity index (χ3v) is 5.14. The van der Waals surface area contributed by atoms with Crippen molar-refractivity contribution in [3.8, 4) is 5.75 Å². The molecule has 0 spiro atoms. The number of aryl methyl sites for hydroxylation is 2. The van der Waals surface area contributed by atoms with Crippen molar-refractivity contribution in [2.75, 3.05) is 48.4 Å². The first-order valence-corrected chi connectivity index (χ1v) is 9.94. The second-order valence-corrected chi connectivity index (χ2v) is 7.33. The van der Waals surface area contributed by atoms with Crippen molar-refractivity contribution in [2.45, 2.75) is 13.8 Å². The quantitative estimate of drug-likeness (QED) is 0.707. The van der Waals surface area contributed by atoms with Gasteiger partial charge in [0.15, 0.2) is 0 Å². The number of ether oxygens (including phenoxy) is 1. The van der Waals surface area contributed by atoms with Gasteiger partial charge in [-0.2, -0.15) is 4.98 Å². The third-order valence-electron chi connectivity index (χ3n) is 5.14. The molecular formula is C23H27N5O. The van der Waals surface area contributed by atoms with E-state index in [1.54, 1.807) is 7.11 Å². The van der Waals surface area contributed by atoms with E-state index in [2.05, 4.69) is 51.3 Å². The fourth-order valence-corrected chi connectivity index (χ4v) is 3.63. The van der Waals surface area contributed by atoms with Gasteiger partial charge < -0.3 is 19.9 Å². The van der Waals surface area contributed by atoms with Gasteiger partial charge in [0.1, 0.15) is 11.6 Å². The molecule has 1 saturated heterocycles. The largest absolute Gasteiger partial charge is 0.495 e. The van der Waals surface area contributed by atoms with Crippen molar-refractivity contribution in [1.82, 2.24) is 9.97 Å². The van der Waals surface area contributed by atoms with Crippen LogP contribution < -0.4 is 19.9 Å². The smallest absolute Gasteiger partial charge is 0.227 e. The van der Waals surface area contributed by atoms with Crippen LogP contribution in [0.4, 0.5) is 23.1 Å². The molecule has 2 aromatic carbocycles. The van der Waals surface area contributed by atoms with Gasteiger partial charge >= 0.3 is 0 Å². The lowest BCUT2D eigenvalue weighted by Crippen LogP contribution is -2.47. The topological polar surface area (TPSA) is 53.5 Å². The molecule has 1 fully saturated rings. The Balaban J connectivity index is 1.48. The minimum absolute atomic E-state index is 0.770. The average Bonchev–Trinajstić information content (AvgIpc) is 2.74. The summed E-state index contributed by atoms with van der Waals surface area (Å²) in [6.45, 7) is 7.83. The van der Waals surface area contributed by atoms with E-state index in [9.17, 15) is 0 Å². The Morgan fingerprint density at radius 3 is 2.38 bits per heavy atom. The summed E-state index contributed by atoms with van der Waals surface area (Å²) in [5.41, 5.74) is 4.41. The van der Waals surface area contributed by atoms with Crippen LogP contribution in [0.15, 0.2) is 54.6 Å². The predicted molar refractivity (Wildman–Crippen MR) is 119 cm³/mol. The van der Waals surface area contributed by atoms with Crippen LogP contribution in [-0.4, -0.2) is 43.3 Å². The summed E-state index contributed by atoms with van der Waals surface area (Å²) in [6.07, 6.45) is 0. The number of piperazine rings is 1. The minimum Gasteiger partial charge on any atom is -0.495 e. The van der Waals surface area contributed by atoms with Gasteiger partial charge in [-0.25, -0.2) is 4.98 Å². The summed E-state index contributed by atoms with van der Waals surface area (Å²) < 4.78 is 5.43. The summed E-state index contributed by atoms with van der Waals surface area (Å²) in [4.78, 5) is 14.1. The van der Waals surface area contributed by atoms with Gasteiger partial charge in [-0.05, 0) is 43.7 Å². The number of aromatic nitrogens is 2. The van der Waals surface area contributed by atoms with Gasteiger partial charge in [0.2, 0.25) is 5.95 Å². The lowest BCUT2D eigenvalue weighted by molar-refractivity contribution is 0.417. The van der Waals surface area contributed by atoms with Crippen molar-refractivity contribution in [2.24, 2.45) is 0 Å². The molecule has 0 unspecified atom stereocenters. The number of methoxy groups -OCH3 is 1. The molecule has 0 aliphatic carbocycles. The van der Waals surface area contributed by atoms with E-state index in [0.29, 0.717) is 0 Å². The first-order chi connectivity index (χ1) is 14.1. The predicted octanol–water partition coefficient (Wildman–Crippen LogP) is 4.17. The molecule has 0 bridgehead atoms. The van der Waals surface area contributed by atoms with E-state index >= 15 is 0 Å². The SMILES string of the molecule is COc1ccccc1Nc1cc(C)nc(N2CCN(c3cccc(C)c3)CC2)n1. The lowest BCUT2D eigenvalue weighted by atomic mass is 10.2. The molecule has 0 radical (unpaired) electrons. The van der Waals surface area contributed by atoms with Crippen LogP contribution in [0.3, 0.4) is 0 Å². The number of hydrogen-bond donors (Lipinski definition) is 1. The van der Waals surface area contributed by atoms with E-state index in [1.165, 1.54) is 11.3 Å². The number of para-hydroxylation sites is 2. The molecule has 29 heavy (non-hydrogen) atoms. The first kappa shape index (κ1) is 19.1. The fraction of sp³-hybridized carbons (Fsp3) is 0.304. The lowest BCUT2D eigenvalue weighted by Gasteiger charge is -2.36. The highest BCUT2D eigenvalue weighted by Gasteiger charge is 2.20. The number of nitrogens with zero attached hydrogens (tertiary/aromatic N) is 4. The van der Waals surface area contributed by atoms with Crippen molar-refractivity contribution in [3.05, 3.63) is 65.9 Å². The average molecular weight is 390 g/mol. The van der Waals surface area contributed by atoms with Crippen LogP contribution in [0.2, 0.25) is 0 Å². The number of rotatable bonds is 5. The van der Waals surface area contributed by atoms with Gasteiger partial charge in [0.05, 0.1) is 12.8 Å². The molecule has 1 aliphatic rings. The Morgan fingerprint density at radius 1 is 0.862 bits per heavy atom. The highest BCUT2D eigenvalue weighted by atomic mass is 16.5. The summed E-state index contributed by atoms with van der Waals surface area (Å²) in [5, 5.41) is 3.37. The van der Waals surface area contributed by atoms with Crippen molar-refractivity contribution in [1.29, 1.82) is 0 Å². The van der Waals surface area contributed by atoms with Gasteiger partial charge in [0, 0.05) is 43.6 Å². The van der Waals surface area contributed by atoms with E-state index in [0.717, 1.165) is 55.1 Å². The zero-order valence-electron chi connectivity index (χ0n) is 17.2. The highest BCUT2D eigenvalue weighted by Crippen LogP contribution is 2.27. The number of anilines is 4. The van der Waals surface area contributed by atoms with E-state index in [1.807, 2.05) is 37.3 Å². The Bertz CT molecular complexity index is 983. The summed E-state index contributed by atoms with van der Waals surface area (Å²) in [5.74, 6) is 2.33. The number of hydrogen-bond acceptors (Lipinski definition) is 6. The van der Waals surface area contributed by atoms with Crippen LogP contribution in [-0.2, 0) is 0 Å². The van der Waals surface area contributed by atoms with Crippen molar-refractivity contribution < 1.29 is 4.74 Å².